The molecule has 2 rings (SSSR count). The van der Waals surface area contributed by atoms with Gasteiger partial charge < -0.3 is 11.1 Å². The van der Waals surface area contributed by atoms with Crippen molar-refractivity contribution in [3.05, 3.63) is 41.2 Å². The number of rotatable bonds is 5. The second-order valence-corrected chi connectivity index (χ2v) is 5.45. The van der Waals surface area contributed by atoms with Crippen LogP contribution in [0.3, 0.4) is 0 Å². The number of benzene rings is 1. The van der Waals surface area contributed by atoms with E-state index in [2.05, 4.69) is 36.3 Å². The number of H-pyrrole nitrogens is 1. The van der Waals surface area contributed by atoms with E-state index >= 15 is 0 Å². The van der Waals surface area contributed by atoms with Crippen molar-refractivity contribution in [2.75, 3.05) is 11.1 Å². The molecule has 0 unspecified atom stereocenters. The van der Waals surface area contributed by atoms with Crippen LogP contribution >= 0.6 is 0 Å². The molecule has 4 N–H and O–H groups in total. The number of hydrogen-bond acceptors (Lipinski definition) is 3. The molecule has 0 saturated heterocycles. The number of aromatic amines is 1. The summed E-state index contributed by atoms with van der Waals surface area (Å²) >= 11 is 0. The summed E-state index contributed by atoms with van der Waals surface area (Å²) in [7, 11) is 0. The minimum absolute atomic E-state index is 0.256. The highest BCUT2D eigenvalue weighted by atomic mass is 16.2. The number of nitrogens with two attached hydrogens (primary N) is 1. The molecule has 5 nitrogen and oxygen atoms in total. The molecule has 1 aromatic heterocycles. The summed E-state index contributed by atoms with van der Waals surface area (Å²) < 4.78 is 0. The maximum Gasteiger partial charge on any atom is 0.278 e. The lowest BCUT2D eigenvalue weighted by molar-refractivity contribution is 0.102. The largest absolute Gasteiger partial charge is 0.395 e. The Bertz CT molecular complexity index is 614. The van der Waals surface area contributed by atoms with E-state index in [1.54, 1.807) is 0 Å². The van der Waals surface area contributed by atoms with Crippen LogP contribution in [0.5, 0.6) is 0 Å². The van der Waals surface area contributed by atoms with Crippen molar-refractivity contribution in [2.45, 2.75) is 39.5 Å². The second-order valence-electron chi connectivity index (χ2n) is 5.45. The van der Waals surface area contributed by atoms with Gasteiger partial charge >= 0.3 is 0 Å². The molecule has 0 atom stereocenters. The summed E-state index contributed by atoms with van der Waals surface area (Å²) in [6.07, 6.45) is 1.74. The summed E-state index contributed by atoms with van der Waals surface area (Å²) in [5.41, 5.74) is 9.44. The predicted molar refractivity (Wildman–Crippen MR) is 85.5 cm³/mol. The fraction of sp³-hybridized carbons (Fsp3) is 0.375. The van der Waals surface area contributed by atoms with Gasteiger partial charge in [0.2, 0.25) is 0 Å². The molecule has 112 valence electrons. The third-order valence-corrected chi connectivity index (χ3v) is 3.43. The van der Waals surface area contributed by atoms with Gasteiger partial charge in [-0.2, -0.15) is 5.10 Å². The van der Waals surface area contributed by atoms with E-state index in [1.807, 2.05) is 24.3 Å². The van der Waals surface area contributed by atoms with Crippen molar-refractivity contribution < 1.29 is 4.79 Å². The Balaban J connectivity index is 2.10. The molecule has 0 saturated carbocycles. The van der Waals surface area contributed by atoms with E-state index < -0.39 is 0 Å². The van der Waals surface area contributed by atoms with Crippen molar-refractivity contribution in [1.82, 2.24) is 10.2 Å². The lowest BCUT2D eigenvalue weighted by Crippen LogP contribution is -2.14. The lowest BCUT2D eigenvalue weighted by atomic mass is 10.0. The van der Waals surface area contributed by atoms with Crippen LogP contribution in [0, 0.1) is 0 Å². The maximum absolute atomic E-state index is 12.2. The van der Waals surface area contributed by atoms with Crippen LogP contribution in [0.4, 0.5) is 11.4 Å². The Morgan fingerprint density at radius 3 is 2.57 bits per heavy atom. The van der Waals surface area contributed by atoms with E-state index in [4.69, 9.17) is 5.73 Å². The SMILES string of the molecule is CCCc1[nH]nc(C(=O)Nc2ccc(C(C)C)cc2)c1N. The van der Waals surface area contributed by atoms with E-state index in [0.717, 1.165) is 24.2 Å². The van der Waals surface area contributed by atoms with E-state index in [9.17, 15) is 4.79 Å². The summed E-state index contributed by atoms with van der Waals surface area (Å²) in [4.78, 5) is 12.2. The molecule has 0 aliphatic carbocycles. The minimum Gasteiger partial charge on any atom is -0.395 e. The number of aromatic nitrogens is 2. The predicted octanol–water partition coefficient (Wildman–Crippen LogP) is 3.32. The van der Waals surface area contributed by atoms with Gasteiger partial charge in [0, 0.05) is 5.69 Å². The van der Waals surface area contributed by atoms with Gasteiger partial charge in [-0.05, 0) is 30.0 Å². The van der Waals surface area contributed by atoms with Crippen LogP contribution in [0.15, 0.2) is 24.3 Å². The van der Waals surface area contributed by atoms with Gasteiger partial charge in [0.25, 0.3) is 5.91 Å². The third-order valence-electron chi connectivity index (χ3n) is 3.43. The molecule has 0 fully saturated rings. The average molecular weight is 286 g/mol. The fourth-order valence-electron chi connectivity index (χ4n) is 2.14. The lowest BCUT2D eigenvalue weighted by Gasteiger charge is -2.08. The minimum atomic E-state index is -0.289. The monoisotopic (exact) mass is 286 g/mol. The van der Waals surface area contributed by atoms with Crippen molar-refractivity contribution in [3.8, 4) is 0 Å². The zero-order valence-electron chi connectivity index (χ0n) is 12.7. The summed E-state index contributed by atoms with van der Waals surface area (Å²) in [6, 6.07) is 7.81. The molecule has 0 radical (unpaired) electrons. The average Bonchev–Trinajstić information content (AvgIpc) is 2.81. The summed E-state index contributed by atoms with van der Waals surface area (Å²) in [6.45, 7) is 6.32. The van der Waals surface area contributed by atoms with Crippen molar-refractivity contribution >= 4 is 17.3 Å². The number of nitrogen functional groups attached to an aromatic ring is 1. The molecule has 1 aromatic carbocycles. The zero-order valence-corrected chi connectivity index (χ0v) is 12.7. The van der Waals surface area contributed by atoms with Crippen molar-refractivity contribution in [3.63, 3.8) is 0 Å². The highest BCUT2D eigenvalue weighted by Crippen LogP contribution is 2.20. The number of aryl methyl sites for hydroxylation is 1. The Morgan fingerprint density at radius 2 is 2.00 bits per heavy atom. The van der Waals surface area contributed by atoms with Gasteiger partial charge in [0.1, 0.15) is 0 Å². The molecule has 1 amide bonds. The van der Waals surface area contributed by atoms with Gasteiger partial charge in [0.15, 0.2) is 5.69 Å². The Kier molecular flexibility index (Phi) is 4.62. The number of amides is 1. The Hall–Kier alpha value is -2.30. The standard InChI is InChI=1S/C16H22N4O/c1-4-5-13-14(17)15(20-19-13)16(21)18-12-8-6-11(7-9-12)10(2)3/h6-10H,4-5,17H2,1-3H3,(H,18,21)(H,19,20). The first-order chi connectivity index (χ1) is 10.0. The van der Waals surface area contributed by atoms with Crippen LogP contribution in [0.2, 0.25) is 0 Å². The molecule has 1 heterocycles. The molecule has 0 aliphatic rings. The summed E-state index contributed by atoms with van der Waals surface area (Å²) in [5.74, 6) is 0.178. The molecule has 0 bridgehead atoms. The Labute approximate surface area is 124 Å². The fourth-order valence-corrected chi connectivity index (χ4v) is 2.14. The quantitative estimate of drug-likeness (QED) is 0.788. The van der Waals surface area contributed by atoms with Crippen LogP contribution in [0.1, 0.15) is 54.9 Å². The Morgan fingerprint density at radius 1 is 1.33 bits per heavy atom. The highest BCUT2D eigenvalue weighted by molar-refractivity contribution is 6.06. The van der Waals surface area contributed by atoms with Gasteiger partial charge in [-0.3, -0.25) is 9.89 Å². The van der Waals surface area contributed by atoms with Gasteiger partial charge in [0.05, 0.1) is 11.4 Å². The van der Waals surface area contributed by atoms with Gasteiger partial charge in [-0.1, -0.05) is 39.3 Å². The van der Waals surface area contributed by atoms with Crippen LogP contribution in [-0.4, -0.2) is 16.1 Å². The normalized spacial score (nSPS) is 10.9. The third kappa shape index (κ3) is 3.42. The molecule has 2 aromatic rings. The number of anilines is 2. The second kappa shape index (κ2) is 6.43. The first kappa shape index (κ1) is 15.1. The van der Waals surface area contributed by atoms with E-state index in [0.29, 0.717) is 11.6 Å². The zero-order chi connectivity index (χ0) is 15.4. The first-order valence-corrected chi connectivity index (χ1v) is 7.27. The smallest absolute Gasteiger partial charge is 0.278 e. The number of nitrogens with one attached hydrogen (secondary N) is 2. The van der Waals surface area contributed by atoms with Gasteiger partial charge in [-0.25, -0.2) is 0 Å². The molecular formula is C16H22N4O. The van der Waals surface area contributed by atoms with E-state index in [1.165, 1.54) is 5.56 Å². The molecule has 21 heavy (non-hydrogen) atoms. The van der Waals surface area contributed by atoms with Crippen LogP contribution in [0.25, 0.3) is 0 Å². The topological polar surface area (TPSA) is 83.8 Å². The number of carbonyl (C=O) groups is 1. The number of carbonyl (C=O) groups excluding carboxylic acids is 1. The summed E-state index contributed by atoms with van der Waals surface area (Å²) in [5, 5.41) is 9.66. The maximum atomic E-state index is 12.2. The molecular weight excluding hydrogens is 264 g/mol. The van der Waals surface area contributed by atoms with Crippen LogP contribution < -0.4 is 11.1 Å². The van der Waals surface area contributed by atoms with Crippen LogP contribution in [-0.2, 0) is 6.42 Å². The van der Waals surface area contributed by atoms with Crippen molar-refractivity contribution in [2.24, 2.45) is 0 Å². The first-order valence-electron chi connectivity index (χ1n) is 7.27. The van der Waals surface area contributed by atoms with Gasteiger partial charge in [-0.15, -0.1) is 0 Å². The molecule has 5 heteroatoms. The number of hydrogen-bond donors (Lipinski definition) is 3. The van der Waals surface area contributed by atoms with Crippen molar-refractivity contribution in [1.29, 1.82) is 0 Å². The highest BCUT2D eigenvalue weighted by Gasteiger charge is 2.16. The molecule has 0 spiro atoms. The van der Waals surface area contributed by atoms with E-state index in [-0.39, 0.29) is 11.6 Å². The molecule has 0 aliphatic heterocycles. The number of nitrogens with zero attached hydrogens (tertiary/aromatic N) is 1.